The number of esters is 1. The van der Waals surface area contributed by atoms with Crippen LogP contribution in [0.1, 0.15) is 37.1 Å². The van der Waals surface area contributed by atoms with Crippen molar-refractivity contribution in [2.24, 2.45) is 0 Å². The first-order valence-electron chi connectivity index (χ1n) is 6.15. The normalized spacial score (nSPS) is 10.1. The molecular formula is C13H19N3O2. The maximum atomic E-state index is 10.6. The number of carbonyl (C=O) groups excluding carboxylic acids is 1. The first-order chi connectivity index (χ1) is 8.65. The highest BCUT2D eigenvalue weighted by molar-refractivity contribution is 5.87. The summed E-state index contributed by atoms with van der Waals surface area (Å²) in [6.45, 7) is 5.27. The number of hydrogen-bond acceptors (Lipinski definition) is 4. The second kappa shape index (κ2) is 7.49. The van der Waals surface area contributed by atoms with E-state index >= 15 is 0 Å². The summed E-state index contributed by atoms with van der Waals surface area (Å²) in [6, 6.07) is 0. The number of terminal acetylenes is 1. The molecule has 0 aliphatic rings. The summed E-state index contributed by atoms with van der Waals surface area (Å²) in [5, 5.41) is 8.07. The van der Waals surface area contributed by atoms with E-state index in [-0.39, 0.29) is 0 Å². The fraction of sp³-hybridized carbons (Fsp3) is 0.615. The number of ether oxygens (including phenoxy) is 1. The van der Waals surface area contributed by atoms with E-state index in [1.165, 1.54) is 0 Å². The lowest BCUT2D eigenvalue weighted by Crippen LogP contribution is -2.04. The standard InChI is InChI=1S/C13H19N3O2/c1-4-13(17)18-10-8-6-5-7-9-16-12(3)11(2)14-15-16/h1H,5-10H2,2-3H3. The number of aromatic nitrogens is 3. The third kappa shape index (κ3) is 4.58. The zero-order chi connectivity index (χ0) is 13.4. The summed E-state index contributed by atoms with van der Waals surface area (Å²) in [5.41, 5.74) is 2.11. The fourth-order valence-electron chi connectivity index (χ4n) is 1.58. The summed E-state index contributed by atoms with van der Waals surface area (Å²) < 4.78 is 6.70. The Morgan fingerprint density at radius 3 is 2.67 bits per heavy atom. The van der Waals surface area contributed by atoms with Crippen LogP contribution in [0.25, 0.3) is 0 Å². The van der Waals surface area contributed by atoms with Crippen molar-refractivity contribution >= 4 is 5.97 Å². The molecule has 0 unspecified atom stereocenters. The molecule has 0 amide bonds. The number of hydrogen-bond donors (Lipinski definition) is 0. The molecule has 0 spiro atoms. The predicted octanol–water partition coefficient (Wildman–Crippen LogP) is 1.63. The Labute approximate surface area is 108 Å². The summed E-state index contributed by atoms with van der Waals surface area (Å²) in [4.78, 5) is 10.6. The lowest BCUT2D eigenvalue weighted by atomic mass is 10.2. The van der Waals surface area contributed by atoms with Crippen molar-refractivity contribution in [1.29, 1.82) is 0 Å². The van der Waals surface area contributed by atoms with E-state index in [1.807, 2.05) is 24.4 Å². The Morgan fingerprint density at radius 2 is 2.06 bits per heavy atom. The Balaban J connectivity index is 2.04. The van der Waals surface area contributed by atoms with Gasteiger partial charge in [0.2, 0.25) is 0 Å². The van der Waals surface area contributed by atoms with Crippen LogP contribution < -0.4 is 0 Å². The van der Waals surface area contributed by atoms with E-state index in [1.54, 1.807) is 0 Å². The van der Waals surface area contributed by atoms with Crippen LogP contribution in [0.4, 0.5) is 0 Å². The lowest BCUT2D eigenvalue weighted by Gasteiger charge is -2.04. The third-order valence-electron chi connectivity index (χ3n) is 2.83. The third-order valence-corrected chi connectivity index (χ3v) is 2.83. The molecule has 5 nitrogen and oxygen atoms in total. The van der Waals surface area contributed by atoms with Gasteiger partial charge in [0.25, 0.3) is 0 Å². The van der Waals surface area contributed by atoms with Crippen LogP contribution >= 0.6 is 0 Å². The van der Waals surface area contributed by atoms with E-state index in [9.17, 15) is 4.79 Å². The average molecular weight is 249 g/mol. The minimum Gasteiger partial charge on any atom is -0.456 e. The molecule has 0 N–H and O–H groups in total. The minimum absolute atomic E-state index is 0.407. The number of carbonyl (C=O) groups is 1. The number of unbranched alkanes of at least 4 members (excludes halogenated alkanes) is 3. The molecule has 5 heteroatoms. The quantitative estimate of drug-likeness (QED) is 0.319. The van der Waals surface area contributed by atoms with Crippen molar-refractivity contribution in [2.75, 3.05) is 6.61 Å². The molecule has 0 aliphatic carbocycles. The fourth-order valence-corrected chi connectivity index (χ4v) is 1.58. The van der Waals surface area contributed by atoms with Gasteiger partial charge in [-0.05, 0) is 33.1 Å². The summed E-state index contributed by atoms with van der Waals surface area (Å²) >= 11 is 0. The molecule has 0 aromatic carbocycles. The van der Waals surface area contributed by atoms with Crippen LogP contribution in [0.2, 0.25) is 0 Å². The molecular weight excluding hydrogens is 230 g/mol. The highest BCUT2D eigenvalue weighted by Crippen LogP contribution is 2.06. The number of aryl methyl sites for hydroxylation is 2. The second-order valence-corrected chi connectivity index (χ2v) is 4.18. The van der Waals surface area contributed by atoms with Gasteiger partial charge in [-0.15, -0.1) is 11.5 Å². The maximum Gasteiger partial charge on any atom is 0.384 e. The average Bonchev–Trinajstić information content (AvgIpc) is 2.69. The van der Waals surface area contributed by atoms with Crippen molar-refractivity contribution in [2.45, 2.75) is 46.1 Å². The van der Waals surface area contributed by atoms with E-state index in [4.69, 9.17) is 11.2 Å². The van der Waals surface area contributed by atoms with Crippen molar-refractivity contribution in [3.05, 3.63) is 11.4 Å². The molecule has 1 rings (SSSR count). The molecule has 0 bridgehead atoms. The van der Waals surface area contributed by atoms with Crippen molar-refractivity contribution in [3.8, 4) is 12.3 Å². The molecule has 18 heavy (non-hydrogen) atoms. The van der Waals surface area contributed by atoms with Gasteiger partial charge in [0.15, 0.2) is 0 Å². The predicted molar refractivity (Wildman–Crippen MR) is 67.8 cm³/mol. The summed E-state index contributed by atoms with van der Waals surface area (Å²) in [5.74, 6) is 1.34. The van der Waals surface area contributed by atoms with Gasteiger partial charge in [0.1, 0.15) is 0 Å². The minimum atomic E-state index is -0.580. The zero-order valence-corrected chi connectivity index (χ0v) is 11.0. The summed E-state index contributed by atoms with van der Waals surface area (Å²) in [7, 11) is 0. The van der Waals surface area contributed by atoms with Gasteiger partial charge in [-0.1, -0.05) is 11.6 Å². The Kier molecular flexibility index (Phi) is 5.92. The van der Waals surface area contributed by atoms with Gasteiger partial charge >= 0.3 is 5.97 Å². The Bertz CT molecular complexity index is 432. The molecule has 1 heterocycles. The van der Waals surface area contributed by atoms with Crippen LogP contribution in [-0.4, -0.2) is 27.6 Å². The lowest BCUT2D eigenvalue weighted by molar-refractivity contribution is -0.136. The SMILES string of the molecule is C#CC(=O)OCCCCCCn1nnc(C)c1C. The van der Waals surface area contributed by atoms with Crippen molar-refractivity contribution in [3.63, 3.8) is 0 Å². The topological polar surface area (TPSA) is 57.0 Å². The molecule has 0 saturated carbocycles. The van der Waals surface area contributed by atoms with Crippen molar-refractivity contribution in [1.82, 2.24) is 15.0 Å². The van der Waals surface area contributed by atoms with Gasteiger partial charge in [-0.2, -0.15) is 0 Å². The first-order valence-corrected chi connectivity index (χ1v) is 6.15. The summed E-state index contributed by atoms with van der Waals surface area (Å²) in [6.07, 6.45) is 8.87. The Hall–Kier alpha value is -1.83. The second-order valence-electron chi connectivity index (χ2n) is 4.18. The molecule has 0 fully saturated rings. The molecule has 0 atom stereocenters. The molecule has 98 valence electrons. The molecule has 0 aliphatic heterocycles. The van der Waals surface area contributed by atoms with Gasteiger partial charge in [0.05, 0.1) is 18.0 Å². The maximum absolute atomic E-state index is 10.6. The molecule has 1 aromatic rings. The highest BCUT2D eigenvalue weighted by Gasteiger charge is 2.03. The first kappa shape index (κ1) is 14.2. The van der Waals surface area contributed by atoms with Crippen LogP contribution in [0, 0.1) is 26.2 Å². The van der Waals surface area contributed by atoms with Crippen LogP contribution in [-0.2, 0) is 16.1 Å². The molecule has 1 aromatic heterocycles. The van der Waals surface area contributed by atoms with E-state index in [2.05, 4.69) is 10.3 Å². The molecule has 0 saturated heterocycles. The number of nitrogens with zero attached hydrogens (tertiary/aromatic N) is 3. The number of rotatable bonds is 7. The smallest absolute Gasteiger partial charge is 0.384 e. The van der Waals surface area contributed by atoms with Gasteiger partial charge in [-0.3, -0.25) is 0 Å². The largest absolute Gasteiger partial charge is 0.456 e. The van der Waals surface area contributed by atoms with Crippen LogP contribution in [0.15, 0.2) is 0 Å². The highest BCUT2D eigenvalue weighted by atomic mass is 16.5. The monoisotopic (exact) mass is 249 g/mol. The molecule has 0 radical (unpaired) electrons. The van der Waals surface area contributed by atoms with Gasteiger partial charge < -0.3 is 4.74 Å². The Morgan fingerprint density at radius 1 is 1.33 bits per heavy atom. The van der Waals surface area contributed by atoms with E-state index < -0.39 is 5.97 Å². The van der Waals surface area contributed by atoms with Crippen LogP contribution in [0.5, 0.6) is 0 Å². The van der Waals surface area contributed by atoms with Gasteiger partial charge in [0, 0.05) is 12.5 Å². The zero-order valence-electron chi connectivity index (χ0n) is 11.0. The van der Waals surface area contributed by atoms with Crippen LogP contribution in [0.3, 0.4) is 0 Å². The van der Waals surface area contributed by atoms with E-state index in [0.29, 0.717) is 6.61 Å². The van der Waals surface area contributed by atoms with Crippen molar-refractivity contribution < 1.29 is 9.53 Å². The van der Waals surface area contributed by atoms with Gasteiger partial charge in [-0.25, -0.2) is 9.48 Å². The van der Waals surface area contributed by atoms with E-state index in [0.717, 1.165) is 43.6 Å².